The lowest BCUT2D eigenvalue weighted by atomic mass is 10.3. The summed E-state index contributed by atoms with van der Waals surface area (Å²) in [6, 6.07) is 16.0. The van der Waals surface area contributed by atoms with Crippen molar-refractivity contribution in [3.8, 4) is 5.75 Å². The number of carbonyl (C=O) groups excluding carboxylic acids is 1. The minimum atomic E-state index is -3.82. The number of carbonyl (C=O) groups is 1. The normalized spacial score (nSPS) is 11.4. The van der Waals surface area contributed by atoms with Crippen LogP contribution in [-0.4, -0.2) is 21.4 Å². The molecular weight excluding hydrogens is 392 g/mol. The molecule has 0 fully saturated rings. The first-order chi connectivity index (χ1) is 13.9. The molecule has 2 N–H and O–H groups in total. The van der Waals surface area contributed by atoms with Crippen LogP contribution in [0.1, 0.15) is 11.5 Å². The monoisotopic (exact) mass is 412 g/mol. The van der Waals surface area contributed by atoms with Gasteiger partial charge in [0, 0.05) is 17.5 Å². The number of rotatable bonds is 7. The third kappa shape index (κ3) is 5.49. The molecule has 0 atom stereocenters. The number of hydrogen-bond acceptors (Lipinski definition) is 5. The maximum atomic E-state index is 12.6. The number of benzene rings is 2. The Hall–Kier alpha value is -3.52. The summed E-state index contributed by atoms with van der Waals surface area (Å²) >= 11 is 0. The van der Waals surface area contributed by atoms with Crippen LogP contribution in [-0.2, 0) is 14.8 Å². The molecule has 1 heterocycles. The lowest BCUT2D eigenvalue weighted by molar-refractivity contribution is -0.111. The highest BCUT2D eigenvalue weighted by molar-refractivity contribution is 7.92. The number of nitrogens with one attached hydrogen (secondary N) is 2. The number of furan rings is 1. The van der Waals surface area contributed by atoms with E-state index in [4.69, 9.17) is 9.15 Å². The summed E-state index contributed by atoms with van der Waals surface area (Å²) in [6.45, 7) is 1.81. The van der Waals surface area contributed by atoms with Crippen molar-refractivity contribution in [2.45, 2.75) is 11.8 Å². The van der Waals surface area contributed by atoms with Gasteiger partial charge in [-0.15, -0.1) is 0 Å². The zero-order chi connectivity index (χ0) is 20.9. The first-order valence-electron chi connectivity index (χ1n) is 8.68. The number of anilines is 2. The Bertz CT molecular complexity index is 1130. The SMILES string of the molecule is COc1ccc(NS(=O)(=O)c2cccc(NC(=O)/C=C\c3ccc(C)o3)c2)cc1. The van der Waals surface area contributed by atoms with Crippen molar-refractivity contribution in [2.75, 3.05) is 17.1 Å². The van der Waals surface area contributed by atoms with Crippen molar-refractivity contribution < 1.29 is 22.4 Å². The first-order valence-corrected chi connectivity index (χ1v) is 10.2. The third-order valence-corrected chi connectivity index (χ3v) is 5.29. The molecule has 0 aliphatic rings. The maximum absolute atomic E-state index is 12.6. The van der Waals surface area contributed by atoms with Gasteiger partial charge >= 0.3 is 0 Å². The summed E-state index contributed by atoms with van der Waals surface area (Å²) in [5, 5.41) is 2.63. The van der Waals surface area contributed by atoms with Crippen LogP contribution in [0.15, 0.2) is 76.1 Å². The summed E-state index contributed by atoms with van der Waals surface area (Å²) in [4.78, 5) is 12.1. The lowest BCUT2D eigenvalue weighted by Crippen LogP contribution is -2.14. The molecule has 8 heteroatoms. The van der Waals surface area contributed by atoms with Gasteiger partial charge in [0.15, 0.2) is 0 Å². The molecular formula is C21H20N2O5S. The maximum Gasteiger partial charge on any atom is 0.261 e. The predicted octanol–water partition coefficient (Wildman–Crippen LogP) is 4.05. The van der Waals surface area contributed by atoms with Crippen LogP contribution < -0.4 is 14.8 Å². The number of aryl methyl sites for hydroxylation is 1. The van der Waals surface area contributed by atoms with E-state index in [0.717, 1.165) is 5.76 Å². The molecule has 1 amide bonds. The predicted molar refractivity (Wildman–Crippen MR) is 111 cm³/mol. The van der Waals surface area contributed by atoms with Gasteiger partial charge in [-0.05, 0) is 67.6 Å². The lowest BCUT2D eigenvalue weighted by Gasteiger charge is -2.10. The molecule has 0 spiro atoms. The molecule has 3 aromatic rings. The van der Waals surface area contributed by atoms with E-state index in [0.29, 0.717) is 22.9 Å². The quantitative estimate of drug-likeness (QED) is 0.571. The average molecular weight is 412 g/mol. The molecule has 2 aromatic carbocycles. The fraction of sp³-hybridized carbons (Fsp3) is 0.0952. The minimum Gasteiger partial charge on any atom is -0.497 e. The van der Waals surface area contributed by atoms with E-state index in [2.05, 4.69) is 10.0 Å². The summed E-state index contributed by atoms with van der Waals surface area (Å²) in [5.74, 6) is 1.51. The molecule has 0 radical (unpaired) electrons. The highest BCUT2D eigenvalue weighted by atomic mass is 32.2. The molecule has 1 aromatic heterocycles. The number of sulfonamides is 1. The molecule has 3 rings (SSSR count). The van der Waals surface area contributed by atoms with Gasteiger partial charge in [0.1, 0.15) is 17.3 Å². The molecule has 0 bridgehead atoms. The van der Waals surface area contributed by atoms with Gasteiger partial charge in [-0.2, -0.15) is 0 Å². The van der Waals surface area contributed by atoms with E-state index in [9.17, 15) is 13.2 Å². The number of methoxy groups -OCH3 is 1. The molecule has 150 valence electrons. The molecule has 0 unspecified atom stereocenters. The standard InChI is InChI=1S/C21H20N2O5S/c1-15-6-9-19(28-15)12-13-21(24)22-17-4-3-5-20(14-17)29(25,26)23-16-7-10-18(27-2)11-8-16/h3-14,23H,1-2H3,(H,22,24)/b13-12-. The number of amides is 1. The Morgan fingerprint density at radius 3 is 2.45 bits per heavy atom. The van der Waals surface area contributed by atoms with Gasteiger partial charge in [0.25, 0.3) is 10.0 Å². The van der Waals surface area contributed by atoms with Gasteiger partial charge in [0.2, 0.25) is 5.91 Å². The van der Waals surface area contributed by atoms with Crippen molar-refractivity contribution in [1.82, 2.24) is 0 Å². The Balaban J connectivity index is 1.70. The van der Waals surface area contributed by atoms with Crippen molar-refractivity contribution in [1.29, 1.82) is 0 Å². The van der Waals surface area contributed by atoms with E-state index in [-0.39, 0.29) is 4.90 Å². The second-order valence-electron chi connectivity index (χ2n) is 6.13. The Morgan fingerprint density at radius 2 is 1.79 bits per heavy atom. The fourth-order valence-electron chi connectivity index (χ4n) is 2.50. The second-order valence-corrected chi connectivity index (χ2v) is 7.82. The highest BCUT2D eigenvalue weighted by Gasteiger charge is 2.15. The highest BCUT2D eigenvalue weighted by Crippen LogP contribution is 2.21. The first kappa shape index (κ1) is 20.2. The topological polar surface area (TPSA) is 97.6 Å². The van der Waals surface area contributed by atoms with Crippen LogP contribution in [0.3, 0.4) is 0 Å². The fourth-order valence-corrected chi connectivity index (χ4v) is 3.60. The van der Waals surface area contributed by atoms with E-state index in [1.54, 1.807) is 48.5 Å². The molecule has 0 aliphatic carbocycles. The van der Waals surface area contributed by atoms with Gasteiger partial charge in [0.05, 0.1) is 12.0 Å². The van der Waals surface area contributed by atoms with E-state index >= 15 is 0 Å². The zero-order valence-corrected chi connectivity index (χ0v) is 16.7. The third-order valence-electron chi connectivity index (χ3n) is 3.91. The van der Waals surface area contributed by atoms with Crippen LogP contribution in [0, 0.1) is 6.92 Å². The molecule has 0 saturated heterocycles. The molecule has 0 aliphatic heterocycles. The van der Waals surface area contributed by atoms with Crippen LogP contribution in [0.4, 0.5) is 11.4 Å². The Kier molecular flexibility index (Phi) is 6.04. The van der Waals surface area contributed by atoms with Gasteiger partial charge in [-0.25, -0.2) is 8.42 Å². The summed E-state index contributed by atoms with van der Waals surface area (Å²) in [7, 11) is -2.29. The van der Waals surface area contributed by atoms with Gasteiger partial charge < -0.3 is 14.5 Å². The van der Waals surface area contributed by atoms with Crippen LogP contribution in [0.5, 0.6) is 5.75 Å². The summed E-state index contributed by atoms with van der Waals surface area (Å²) < 4.78 is 38.2. The van der Waals surface area contributed by atoms with Gasteiger partial charge in [-0.1, -0.05) is 6.07 Å². The number of hydrogen-bond donors (Lipinski definition) is 2. The smallest absolute Gasteiger partial charge is 0.261 e. The van der Waals surface area contributed by atoms with Crippen molar-refractivity contribution in [2.24, 2.45) is 0 Å². The second kappa shape index (κ2) is 8.66. The van der Waals surface area contributed by atoms with Crippen LogP contribution in [0.2, 0.25) is 0 Å². The average Bonchev–Trinajstić information content (AvgIpc) is 3.12. The van der Waals surface area contributed by atoms with E-state index in [1.165, 1.54) is 31.4 Å². The Labute approximate surface area is 169 Å². The molecule has 0 saturated carbocycles. The van der Waals surface area contributed by atoms with Crippen LogP contribution >= 0.6 is 0 Å². The van der Waals surface area contributed by atoms with Crippen molar-refractivity contribution in [3.63, 3.8) is 0 Å². The molecule has 7 nitrogen and oxygen atoms in total. The van der Waals surface area contributed by atoms with Crippen molar-refractivity contribution >= 4 is 33.4 Å². The number of ether oxygens (including phenoxy) is 1. The largest absolute Gasteiger partial charge is 0.497 e. The molecule has 29 heavy (non-hydrogen) atoms. The minimum absolute atomic E-state index is 0.0248. The zero-order valence-electron chi connectivity index (χ0n) is 15.9. The van der Waals surface area contributed by atoms with Crippen molar-refractivity contribution in [3.05, 3.63) is 78.3 Å². The summed E-state index contributed by atoms with van der Waals surface area (Å²) in [5.41, 5.74) is 0.754. The Morgan fingerprint density at radius 1 is 1.03 bits per heavy atom. The van der Waals surface area contributed by atoms with Gasteiger partial charge in [-0.3, -0.25) is 9.52 Å². The summed E-state index contributed by atoms with van der Waals surface area (Å²) in [6.07, 6.45) is 2.85. The van der Waals surface area contributed by atoms with Crippen LogP contribution in [0.25, 0.3) is 6.08 Å². The van der Waals surface area contributed by atoms with E-state index < -0.39 is 15.9 Å². The van der Waals surface area contributed by atoms with E-state index in [1.807, 2.05) is 6.92 Å².